The Morgan fingerprint density at radius 3 is 2.50 bits per heavy atom. The Balaban J connectivity index is 1.34. The molecule has 3 aromatic carbocycles. The lowest BCUT2D eigenvalue weighted by atomic mass is 10.1. The van der Waals surface area contributed by atoms with Crippen molar-refractivity contribution in [2.75, 3.05) is 5.75 Å². The third-order valence-electron chi connectivity index (χ3n) is 5.44. The van der Waals surface area contributed by atoms with Crippen molar-refractivity contribution in [1.29, 1.82) is 0 Å². The number of para-hydroxylation sites is 1. The lowest BCUT2D eigenvalue weighted by Gasteiger charge is -2.12. The molecule has 0 unspecified atom stereocenters. The zero-order valence-corrected chi connectivity index (χ0v) is 20.2. The summed E-state index contributed by atoms with van der Waals surface area (Å²) in [5.41, 5.74) is 4.24. The predicted molar refractivity (Wildman–Crippen MR) is 136 cm³/mol. The van der Waals surface area contributed by atoms with E-state index in [1.807, 2.05) is 77.4 Å². The molecule has 7 heteroatoms. The third kappa shape index (κ3) is 5.85. The molecule has 1 N–H and O–H groups in total. The van der Waals surface area contributed by atoms with Gasteiger partial charge in [0.2, 0.25) is 5.91 Å². The molecule has 4 rings (SSSR count). The number of aromatic nitrogens is 3. The van der Waals surface area contributed by atoms with Gasteiger partial charge in [-0.2, -0.15) is 0 Å². The molecule has 0 radical (unpaired) electrons. The van der Waals surface area contributed by atoms with Crippen LogP contribution >= 0.6 is 11.8 Å². The maximum atomic E-state index is 12.6. The standard InChI is InChI=1S/C27H28N4O2S/c1-3-31-26(23-15-9-7-11-20(23)2)29-30-27(31)34-19-25(32)28-17-22-14-8-10-16-24(22)33-18-21-12-5-4-6-13-21/h4-16H,3,17-19H2,1-2H3,(H,28,32). The molecule has 4 aromatic rings. The first-order valence-electron chi connectivity index (χ1n) is 11.3. The van der Waals surface area contributed by atoms with Gasteiger partial charge in [-0.15, -0.1) is 10.2 Å². The highest BCUT2D eigenvalue weighted by atomic mass is 32.2. The fourth-order valence-corrected chi connectivity index (χ4v) is 4.44. The zero-order valence-electron chi connectivity index (χ0n) is 19.4. The molecular weight excluding hydrogens is 444 g/mol. The quantitative estimate of drug-likeness (QED) is 0.319. The number of hydrogen-bond donors (Lipinski definition) is 1. The second-order valence-corrected chi connectivity index (χ2v) is 8.76. The minimum Gasteiger partial charge on any atom is -0.489 e. The number of nitrogens with one attached hydrogen (secondary N) is 1. The number of thioether (sulfide) groups is 1. The fourth-order valence-electron chi connectivity index (χ4n) is 3.60. The average molecular weight is 473 g/mol. The summed E-state index contributed by atoms with van der Waals surface area (Å²) in [5.74, 6) is 1.80. The van der Waals surface area contributed by atoms with Crippen LogP contribution in [0.1, 0.15) is 23.6 Å². The first-order chi connectivity index (χ1) is 16.7. The highest BCUT2D eigenvalue weighted by molar-refractivity contribution is 7.99. The Labute approximate surface area is 204 Å². The monoisotopic (exact) mass is 472 g/mol. The molecule has 1 aromatic heterocycles. The van der Waals surface area contributed by atoms with Gasteiger partial charge in [0, 0.05) is 24.2 Å². The summed E-state index contributed by atoms with van der Waals surface area (Å²) in [6.45, 7) is 5.73. The number of carbonyl (C=O) groups is 1. The number of ether oxygens (including phenoxy) is 1. The second kappa shape index (κ2) is 11.5. The van der Waals surface area contributed by atoms with Gasteiger partial charge in [-0.25, -0.2) is 0 Å². The van der Waals surface area contributed by atoms with E-state index in [0.717, 1.165) is 45.5 Å². The van der Waals surface area contributed by atoms with Crippen LogP contribution in [0.15, 0.2) is 84.0 Å². The molecule has 6 nitrogen and oxygen atoms in total. The highest BCUT2D eigenvalue weighted by Crippen LogP contribution is 2.26. The van der Waals surface area contributed by atoms with Crippen molar-refractivity contribution in [3.05, 3.63) is 95.6 Å². The molecule has 1 amide bonds. The van der Waals surface area contributed by atoms with E-state index in [1.54, 1.807) is 0 Å². The minimum atomic E-state index is -0.0639. The SMILES string of the molecule is CCn1c(SCC(=O)NCc2ccccc2OCc2ccccc2)nnc1-c1ccccc1C. The maximum absolute atomic E-state index is 12.6. The summed E-state index contributed by atoms with van der Waals surface area (Å²) in [6.07, 6.45) is 0. The van der Waals surface area contributed by atoms with Gasteiger partial charge in [0.1, 0.15) is 12.4 Å². The van der Waals surface area contributed by atoms with Crippen LogP contribution < -0.4 is 10.1 Å². The second-order valence-electron chi connectivity index (χ2n) is 7.81. The lowest BCUT2D eigenvalue weighted by Crippen LogP contribution is -2.25. The van der Waals surface area contributed by atoms with E-state index in [4.69, 9.17) is 4.74 Å². The van der Waals surface area contributed by atoms with E-state index < -0.39 is 0 Å². The molecule has 34 heavy (non-hydrogen) atoms. The molecule has 0 spiro atoms. The normalized spacial score (nSPS) is 10.8. The first kappa shape index (κ1) is 23.6. The van der Waals surface area contributed by atoms with E-state index in [0.29, 0.717) is 13.2 Å². The van der Waals surface area contributed by atoms with Gasteiger partial charge in [0.25, 0.3) is 0 Å². The van der Waals surface area contributed by atoms with E-state index in [-0.39, 0.29) is 11.7 Å². The smallest absolute Gasteiger partial charge is 0.230 e. The van der Waals surface area contributed by atoms with E-state index >= 15 is 0 Å². The van der Waals surface area contributed by atoms with Crippen molar-refractivity contribution in [1.82, 2.24) is 20.1 Å². The number of hydrogen-bond acceptors (Lipinski definition) is 5. The number of nitrogens with zero attached hydrogens (tertiary/aromatic N) is 3. The van der Waals surface area contributed by atoms with E-state index in [9.17, 15) is 4.79 Å². The van der Waals surface area contributed by atoms with Crippen LogP contribution in [0.5, 0.6) is 5.75 Å². The van der Waals surface area contributed by atoms with Crippen LogP contribution in [0.2, 0.25) is 0 Å². The summed E-state index contributed by atoms with van der Waals surface area (Å²) in [4.78, 5) is 12.6. The number of rotatable bonds is 10. The molecular formula is C27H28N4O2S. The molecule has 0 atom stereocenters. The van der Waals surface area contributed by atoms with Crippen LogP contribution in [-0.2, 0) is 24.5 Å². The Morgan fingerprint density at radius 2 is 1.71 bits per heavy atom. The van der Waals surface area contributed by atoms with Gasteiger partial charge in [-0.05, 0) is 31.0 Å². The van der Waals surface area contributed by atoms with Gasteiger partial charge in [-0.1, -0.05) is 84.6 Å². The van der Waals surface area contributed by atoms with Crippen LogP contribution in [0, 0.1) is 6.92 Å². The summed E-state index contributed by atoms with van der Waals surface area (Å²) >= 11 is 1.39. The number of benzene rings is 3. The Bertz CT molecular complexity index is 1240. The van der Waals surface area contributed by atoms with Crippen LogP contribution in [0.3, 0.4) is 0 Å². The van der Waals surface area contributed by atoms with Crippen LogP contribution in [0.4, 0.5) is 0 Å². The molecule has 0 fully saturated rings. The van der Waals surface area contributed by atoms with Crippen LogP contribution in [-0.4, -0.2) is 26.4 Å². The fraction of sp³-hybridized carbons (Fsp3) is 0.222. The molecule has 0 aliphatic carbocycles. The van der Waals surface area contributed by atoms with Crippen molar-refractivity contribution in [2.24, 2.45) is 0 Å². The zero-order chi connectivity index (χ0) is 23.8. The van der Waals surface area contributed by atoms with E-state index in [2.05, 4.69) is 35.4 Å². The van der Waals surface area contributed by atoms with Crippen molar-refractivity contribution in [3.8, 4) is 17.1 Å². The largest absolute Gasteiger partial charge is 0.489 e. The molecule has 0 saturated carbocycles. The maximum Gasteiger partial charge on any atom is 0.230 e. The van der Waals surface area contributed by atoms with E-state index in [1.165, 1.54) is 11.8 Å². The van der Waals surface area contributed by atoms with Gasteiger partial charge < -0.3 is 14.6 Å². The topological polar surface area (TPSA) is 69.0 Å². The molecule has 1 heterocycles. The van der Waals surface area contributed by atoms with Crippen molar-refractivity contribution in [2.45, 2.75) is 38.7 Å². The molecule has 0 aliphatic rings. The summed E-state index contributed by atoms with van der Waals surface area (Å²) in [5, 5.41) is 12.5. The molecule has 0 aliphatic heterocycles. The first-order valence-corrected chi connectivity index (χ1v) is 12.3. The Kier molecular flexibility index (Phi) is 7.99. The molecule has 0 saturated heterocycles. The van der Waals surface area contributed by atoms with Crippen molar-refractivity contribution >= 4 is 17.7 Å². The van der Waals surface area contributed by atoms with Gasteiger partial charge in [0.05, 0.1) is 5.75 Å². The van der Waals surface area contributed by atoms with Gasteiger partial charge in [-0.3, -0.25) is 4.79 Å². The Hall–Kier alpha value is -3.58. The summed E-state index contributed by atoms with van der Waals surface area (Å²) in [7, 11) is 0. The predicted octanol–water partition coefficient (Wildman–Crippen LogP) is 5.26. The van der Waals surface area contributed by atoms with Crippen molar-refractivity contribution in [3.63, 3.8) is 0 Å². The number of carbonyl (C=O) groups excluding carboxylic acids is 1. The average Bonchev–Trinajstić information content (AvgIpc) is 3.29. The summed E-state index contributed by atoms with van der Waals surface area (Å²) < 4.78 is 8.04. The number of aryl methyl sites for hydroxylation is 1. The minimum absolute atomic E-state index is 0.0639. The highest BCUT2D eigenvalue weighted by Gasteiger charge is 2.16. The van der Waals surface area contributed by atoms with Gasteiger partial charge >= 0.3 is 0 Å². The number of amides is 1. The molecule has 0 bridgehead atoms. The van der Waals surface area contributed by atoms with Crippen LogP contribution in [0.25, 0.3) is 11.4 Å². The van der Waals surface area contributed by atoms with Gasteiger partial charge in [0.15, 0.2) is 11.0 Å². The molecule has 174 valence electrons. The van der Waals surface area contributed by atoms with Crippen molar-refractivity contribution < 1.29 is 9.53 Å². The Morgan fingerprint density at radius 1 is 0.971 bits per heavy atom. The lowest BCUT2D eigenvalue weighted by molar-refractivity contribution is -0.118. The third-order valence-corrected chi connectivity index (χ3v) is 6.40. The summed E-state index contributed by atoms with van der Waals surface area (Å²) in [6, 6.07) is 25.9.